The molecule has 46 heavy (non-hydrogen) atoms. The molecule has 6 nitrogen and oxygen atoms in total. The standard InChI is InChI=1S/C37H29Cl2N3O3S/c1-4-45-36(44)33-21(2)40-37-42(34(33)27-14-9-11-24-10-5-6-12-25(24)27)35(43)32(46-37)19-28-22(3)41(31-15-8-7-13-26(28)31)20-23-16-17-29(38)30(39)18-23/h5-19,34H,4,20H2,1-3H3/b32-19+/t34-/m0/s1. The number of esters is 1. The first-order valence-electron chi connectivity index (χ1n) is 15.0. The zero-order chi connectivity index (χ0) is 32.1. The number of para-hydroxylation sites is 1. The lowest BCUT2D eigenvalue weighted by molar-refractivity contribution is -0.139. The Bertz CT molecular complexity index is 2410. The van der Waals surface area contributed by atoms with Crippen LogP contribution in [0.3, 0.4) is 0 Å². The Balaban J connectivity index is 1.44. The van der Waals surface area contributed by atoms with Crippen molar-refractivity contribution in [1.29, 1.82) is 0 Å². The summed E-state index contributed by atoms with van der Waals surface area (Å²) in [5, 5.41) is 4.03. The molecule has 6 aromatic rings. The second-order valence-corrected chi connectivity index (χ2v) is 13.0. The van der Waals surface area contributed by atoms with Crippen LogP contribution in [0, 0.1) is 6.92 Å². The second-order valence-electron chi connectivity index (χ2n) is 11.2. The van der Waals surface area contributed by atoms with Crippen molar-refractivity contribution >= 4 is 68.3 Å². The minimum atomic E-state index is -0.694. The number of aromatic nitrogens is 2. The molecule has 1 atom stereocenters. The zero-order valence-electron chi connectivity index (χ0n) is 25.4. The molecule has 1 aliphatic rings. The van der Waals surface area contributed by atoms with Crippen LogP contribution in [-0.4, -0.2) is 21.7 Å². The van der Waals surface area contributed by atoms with E-state index in [1.807, 2.05) is 79.7 Å². The van der Waals surface area contributed by atoms with E-state index in [1.165, 1.54) is 11.3 Å². The van der Waals surface area contributed by atoms with Crippen molar-refractivity contribution in [3.8, 4) is 0 Å². The number of fused-ring (bicyclic) bond motifs is 3. The SMILES string of the molecule is CCOC(=O)C1=C(C)N=c2s/c(=C/c3c(C)n(Cc4ccc(Cl)c(Cl)c4)c4ccccc34)c(=O)n2[C@H]1c1cccc2ccccc12. The number of hydrogen-bond acceptors (Lipinski definition) is 5. The first kappa shape index (κ1) is 30.2. The molecular weight excluding hydrogens is 637 g/mol. The van der Waals surface area contributed by atoms with Gasteiger partial charge in [0.05, 0.1) is 38.5 Å². The van der Waals surface area contributed by atoms with Crippen molar-refractivity contribution in [2.24, 2.45) is 4.99 Å². The summed E-state index contributed by atoms with van der Waals surface area (Å²) in [4.78, 5) is 33.2. The van der Waals surface area contributed by atoms with Gasteiger partial charge in [-0.15, -0.1) is 0 Å². The van der Waals surface area contributed by atoms with E-state index in [9.17, 15) is 9.59 Å². The van der Waals surface area contributed by atoms with Gasteiger partial charge in [-0.2, -0.15) is 0 Å². The fraction of sp³-hybridized carbons (Fsp3) is 0.162. The fourth-order valence-corrected chi connectivity index (χ4v) is 7.72. The minimum absolute atomic E-state index is 0.211. The minimum Gasteiger partial charge on any atom is -0.463 e. The maximum absolute atomic E-state index is 14.5. The van der Waals surface area contributed by atoms with E-state index < -0.39 is 12.0 Å². The van der Waals surface area contributed by atoms with E-state index in [0.29, 0.717) is 37.2 Å². The van der Waals surface area contributed by atoms with Gasteiger partial charge in [0.2, 0.25) is 0 Å². The summed E-state index contributed by atoms with van der Waals surface area (Å²) in [5.74, 6) is -0.475. The fourth-order valence-electron chi connectivity index (χ4n) is 6.37. The average molecular weight is 667 g/mol. The smallest absolute Gasteiger partial charge is 0.338 e. The quantitative estimate of drug-likeness (QED) is 0.172. The van der Waals surface area contributed by atoms with E-state index in [-0.39, 0.29) is 12.2 Å². The second kappa shape index (κ2) is 12.1. The van der Waals surface area contributed by atoms with Crippen molar-refractivity contribution in [3.63, 3.8) is 0 Å². The molecule has 0 saturated heterocycles. The van der Waals surface area contributed by atoms with Gasteiger partial charge in [-0.3, -0.25) is 9.36 Å². The van der Waals surface area contributed by atoms with E-state index >= 15 is 0 Å². The highest BCUT2D eigenvalue weighted by Crippen LogP contribution is 2.35. The maximum Gasteiger partial charge on any atom is 0.338 e. The van der Waals surface area contributed by atoms with Gasteiger partial charge in [0, 0.05) is 28.7 Å². The lowest BCUT2D eigenvalue weighted by Crippen LogP contribution is -2.40. The molecule has 0 spiro atoms. The molecule has 0 aliphatic carbocycles. The largest absolute Gasteiger partial charge is 0.463 e. The Morgan fingerprint density at radius 3 is 2.48 bits per heavy atom. The monoisotopic (exact) mass is 665 g/mol. The molecule has 2 aromatic heterocycles. The third-order valence-corrected chi connectivity index (χ3v) is 10.2. The van der Waals surface area contributed by atoms with Gasteiger partial charge in [-0.25, -0.2) is 9.79 Å². The number of ether oxygens (including phenoxy) is 1. The Labute approximate surface area is 279 Å². The van der Waals surface area contributed by atoms with Crippen LogP contribution < -0.4 is 14.9 Å². The topological polar surface area (TPSA) is 65.6 Å². The number of carbonyl (C=O) groups is 1. The van der Waals surface area contributed by atoms with Crippen LogP contribution in [0.4, 0.5) is 0 Å². The highest BCUT2D eigenvalue weighted by Gasteiger charge is 2.34. The number of hydrogen-bond donors (Lipinski definition) is 0. The predicted octanol–water partition coefficient (Wildman–Crippen LogP) is 7.57. The van der Waals surface area contributed by atoms with Gasteiger partial charge < -0.3 is 9.30 Å². The molecule has 0 amide bonds. The van der Waals surface area contributed by atoms with Gasteiger partial charge in [0.25, 0.3) is 5.56 Å². The molecule has 7 rings (SSSR count). The number of benzene rings is 4. The lowest BCUT2D eigenvalue weighted by atomic mass is 9.91. The molecule has 9 heteroatoms. The first-order chi connectivity index (χ1) is 22.3. The number of nitrogens with zero attached hydrogens (tertiary/aromatic N) is 3. The van der Waals surface area contributed by atoms with Crippen LogP contribution in [0.2, 0.25) is 10.0 Å². The molecule has 0 fully saturated rings. The van der Waals surface area contributed by atoms with Crippen molar-refractivity contribution in [1.82, 2.24) is 9.13 Å². The molecule has 0 saturated carbocycles. The summed E-state index contributed by atoms with van der Waals surface area (Å²) in [6, 6.07) is 27.1. The molecule has 230 valence electrons. The van der Waals surface area contributed by atoms with Crippen molar-refractivity contribution in [2.45, 2.75) is 33.4 Å². The molecule has 4 aromatic carbocycles. The van der Waals surface area contributed by atoms with Gasteiger partial charge >= 0.3 is 5.97 Å². The van der Waals surface area contributed by atoms with Crippen LogP contribution in [-0.2, 0) is 16.1 Å². The zero-order valence-corrected chi connectivity index (χ0v) is 27.7. The number of halogens is 2. The third kappa shape index (κ3) is 5.09. The van der Waals surface area contributed by atoms with E-state index in [4.69, 9.17) is 32.9 Å². The highest BCUT2D eigenvalue weighted by molar-refractivity contribution is 7.07. The predicted molar refractivity (Wildman–Crippen MR) is 187 cm³/mol. The number of thiazole rings is 1. The van der Waals surface area contributed by atoms with Crippen molar-refractivity contribution < 1.29 is 9.53 Å². The van der Waals surface area contributed by atoms with Gasteiger partial charge in [0.1, 0.15) is 0 Å². The Hall–Kier alpha value is -4.43. The molecule has 1 aliphatic heterocycles. The first-order valence-corrected chi connectivity index (χ1v) is 16.5. The van der Waals surface area contributed by atoms with Crippen LogP contribution in [0.5, 0.6) is 0 Å². The van der Waals surface area contributed by atoms with Gasteiger partial charge in [-0.05, 0) is 66.9 Å². The summed E-state index contributed by atoms with van der Waals surface area (Å²) >= 11 is 13.8. The summed E-state index contributed by atoms with van der Waals surface area (Å²) in [6.07, 6.45) is 1.95. The molecule has 0 bridgehead atoms. The highest BCUT2D eigenvalue weighted by atomic mass is 35.5. The van der Waals surface area contributed by atoms with Crippen LogP contribution >= 0.6 is 34.5 Å². The van der Waals surface area contributed by atoms with Crippen molar-refractivity contribution in [3.05, 3.63) is 148 Å². The normalized spacial score (nSPS) is 15.0. The number of carbonyl (C=O) groups excluding carboxylic acids is 1. The molecule has 0 unspecified atom stereocenters. The third-order valence-electron chi connectivity index (χ3n) is 8.51. The van der Waals surface area contributed by atoms with E-state index in [1.54, 1.807) is 17.6 Å². The molecule has 0 radical (unpaired) electrons. The van der Waals surface area contributed by atoms with Gasteiger partial charge in [-0.1, -0.05) is 101 Å². The molecular formula is C37H29Cl2N3O3S. The summed E-state index contributed by atoms with van der Waals surface area (Å²) < 4.78 is 9.91. The Morgan fingerprint density at radius 2 is 1.70 bits per heavy atom. The van der Waals surface area contributed by atoms with E-state index in [2.05, 4.69) is 23.6 Å². The van der Waals surface area contributed by atoms with Crippen LogP contribution in [0.25, 0.3) is 27.8 Å². The van der Waals surface area contributed by atoms with Crippen LogP contribution in [0.1, 0.15) is 42.3 Å². The van der Waals surface area contributed by atoms with Crippen molar-refractivity contribution in [2.75, 3.05) is 6.61 Å². The maximum atomic E-state index is 14.5. The lowest BCUT2D eigenvalue weighted by Gasteiger charge is -2.25. The van der Waals surface area contributed by atoms with E-state index in [0.717, 1.165) is 44.1 Å². The summed E-state index contributed by atoms with van der Waals surface area (Å²) in [5.41, 5.74) is 5.55. The summed E-state index contributed by atoms with van der Waals surface area (Å²) in [7, 11) is 0. The number of rotatable bonds is 6. The summed E-state index contributed by atoms with van der Waals surface area (Å²) in [6.45, 7) is 6.44. The van der Waals surface area contributed by atoms with Gasteiger partial charge in [0.15, 0.2) is 4.80 Å². The molecule has 0 N–H and O–H groups in total. The number of allylic oxidation sites excluding steroid dienone is 1. The van der Waals surface area contributed by atoms with Crippen LogP contribution in [0.15, 0.2) is 106 Å². The molecule has 3 heterocycles. The Kier molecular flexibility index (Phi) is 7.93. The average Bonchev–Trinajstić information content (AvgIpc) is 3.50. The Morgan fingerprint density at radius 1 is 0.957 bits per heavy atom.